The van der Waals surface area contributed by atoms with Crippen LogP contribution >= 0.6 is 0 Å². The summed E-state index contributed by atoms with van der Waals surface area (Å²) in [7, 11) is 0. The van der Waals surface area contributed by atoms with E-state index in [9.17, 15) is 4.79 Å². The molecule has 3 fully saturated rings. The van der Waals surface area contributed by atoms with Gasteiger partial charge in [-0.3, -0.25) is 4.79 Å². The van der Waals surface area contributed by atoms with Crippen LogP contribution in [0.2, 0.25) is 0 Å². The summed E-state index contributed by atoms with van der Waals surface area (Å²) in [4.78, 5) is 12.3. The minimum atomic E-state index is -0.248. The van der Waals surface area contributed by atoms with E-state index < -0.39 is 0 Å². The van der Waals surface area contributed by atoms with Crippen molar-refractivity contribution in [3.63, 3.8) is 0 Å². The molecular formula is C20H26N4O4. The van der Waals surface area contributed by atoms with Gasteiger partial charge in [-0.2, -0.15) is 0 Å². The molecule has 4 heterocycles. The van der Waals surface area contributed by atoms with E-state index in [2.05, 4.69) is 15.6 Å². The van der Waals surface area contributed by atoms with E-state index in [-0.39, 0.29) is 30.2 Å². The van der Waals surface area contributed by atoms with Crippen molar-refractivity contribution >= 4 is 5.91 Å². The van der Waals surface area contributed by atoms with E-state index in [1.54, 1.807) is 12.1 Å². The summed E-state index contributed by atoms with van der Waals surface area (Å²) < 4.78 is 19.0. The maximum Gasteiger partial charge on any atom is 0.287 e. The third kappa shape index (κ3) is 3.46. The summed E-state index contributed by atoms with van der Waals surface area (Å²) in [6.45, 7) is 0.927. The Bertz CT molecular complexity index is 799. The number of hydrogen-bond acceptors (Lipinski definition) is 6. The fourth-order valence-corrected chi connectivity index (χ4v) is 4.73. The summed E-state index contributed by atoms with van der Waals surface area (Å²) in [6, 6.07) is 3.13. The van der Waals surface area contributed by atoms with Gasteiger partial charge in [-0.05, 0) is 24.5 Å². The first kappa shape index (κ1) is 17.9. The number of nitrogens with one attached hydrogen (secondary N) is 1. The number of hydrogen-bond donors (Lipinski definition) is 1. The van der Waals surface area contributed by atoms with Gasteiger partial charge in [0.15, 0.2) is 5.76 Å². The van der Waals surface area contributed by atoms with Gasteiger partial charge < -0.3 is 19.2 Å². The fourth-order valence-electron chi connectivity index (χ4n) is 4.73. The molecule has 1 N–H and O–H groups in total. The number of carbonyl (C=O) groups is 1. The largest absolute Gasteiger partial charge is 0.459 e. The molecule has 2 saturated heterocycles. The predicted molar refractivity (Wildman–Crippen MR) is 98.8 cm³/mol. The number of aromatic nitrogens is 3. The second-order valence-electron chi connectivity index (χ2n) is 8.12. The van der Waals surface area contributed by atoms with Crippen molar-refractivity contribution in [1.82, 2.24) is 20.3 Å². The molecule has 5 rings (SSSR count). The molecule has 0 unspecified atom stereocenters. The Labute approximate surface area is 163 Å². The van der Waals surface area contributed by atoms with Gasteiger partial charge in [0, 0.05) is 6.20 Å². The summed E-state index contributed by atoms with van der Waals surface area (Å²) >= 11 is 0. The first-order chi connectivity index (χ1) is 13.8. The van der Waals surface area contributed by atoms with E-state index in [4.69, 9.17) is 13.9 Å². The maximum atomic E-state index is 12.3. The highest BCUT2D eigenvalue weighted by atomic mass is 16.6. The van der Waals surface area contributed by atoms with Crippen LogP contribution < -0.4 is 5.32 Å². The minimum absolute atomic E-state index is 0.0110. The molecule has 1 aliphatic carbocycles. The molecule has 0 radical (unpaired) electrons. The van der Waals surface area contributed by atoms with Crippen LogP contribution in [0.1, 0.15) is 54.4 Å². The zero-order valence-corrected chi connectivity index (χ0v) is 15.8. The van der Waals surface area contributed by atoms with Crippen molar-refractivity contribution in [3.8, 4) is 0 Å². The summed E-state index contributed by atoms with van der Waals surface area (Å²) in [6.07, 6.45) is 10.8. The first-order valence-electron chi connectivity index (χ1n) is 10.3. The zero-order chi connectivity index (χ0) is 18.9. The van der Waals surface area contributed by atoms with E-state index in [1.807, 2.05) is 10.9 Å². The Morgan fingerprint density at radius 2 is 2.04 bits per heavy atom. The molecule has 28 heavy (non-hydrogen) atoms. The topological polar surface area (TPSA) is 91.4 Å². The highest BCUT2D eigenvalue weighted by Crippen LogP contribution is 2.34. The molecule has 4 atom stereocenters. The second kappa shape index (κ2) is 7.67. The van der Waals surface area contributed by atoms with E-state index >= 15 is 0 Å². The number of ether oxygens (including phenoxy) is 2. The SMILES string of the molecule is O=C(N[C@@H]1CO[C@@H]2[C@@H]1OC[C@@H]2n1cc(CC2CCCCC2)nn1)c1ccco1. The Kier molecular flexibility index (Phi) is 4.90. The molecule has 1 amide bonds. The lowest BCUT2D eigenvalue weighted by molar-refractivity contribution is 0.0612. The van der Waals surface area contributed by atoms with Gasteiger partial charge in [0.25, 0.3) is 5.91 Å². The molecule has 3 aliphatic rings. The molecule has 8 nitrogen and oxygen atoms in total. The molecule has 2 aromatic heterocycles. The van der Waals surface area contributed by atoms with Gasteiger partial charge in [0.05, 0.1) is 31.2 Å². The molecular weight excluding hydrogens is 360 g/mol. The standard InChI is InChI=1S/C20H26N4O4/c25-20(17-7-4-8-26-17)21-15-11-27-19-16(12-28-18(15)19)24-10-14(22-23-24)9-13-5-2-1-3-6-13/h4,7-8,10,13,15-16,18-19H,1-3,5-6,9,11-12H2,(H,21,25)/t15-,16+,18-,19+/m1/s1. The monoisotopic (exact) mass is 386 g/mol. The van der Waals surface area contributed by atoms with Gasteiger partial charge in [0.2, 0.25) is 0 Å². The van der Waals surface area contributed by atoms with Gasteiger partial charge in [-0.1, -0.05) is 37.3 Å². The van der Waals surface area contributed by atoms with Crippen molar-refractivity contribution in [2.24, 2.45) is 5.92 Å². The Balaban J connectivity index is 1.21. The molecule has 1 saturated carbocycles. The lowest BCUT2D eigenvalue weighted by Crippen LogP contribution is -2.44. The summed E-state index contributed by atoms with van der Waals surface area (Å²) in [5, 5.41) is 11.7. The highest BCUT2D eigenvalue weighted by Gasteiger charge is 2.49. The molecule has 0 spiro atoms. The number of rotatable bonds is 5. The van der Waals surface area contributed by atoms with Gasteiger partial charge in [-0.25, -0.2) is 4.68 Å². The number of amides is 1. The Hall–Kier alpha value is -2.19. The minimum Gasteiger partial charge on any atom is -0.459 e. The van der Waals surface area contributed by atoms with Crippen LogP contribution in [0.3, 0.4) is 0 Å². The van der Waals surface area contributed by atoms with Crippen LogP contribution in [0.4, 0.5) is 0 Å². The number of fused-ring (bicyclic) bond motifs is 1. The maximum absolute atomic E-state index is 12.3. The smallest absolute Gasteiger partial charge is 0.287 e. The van der Waals surface area contributed by atoms with Crippen molar-refractivity contribution in [2.75, 3.05) is 13.2 Å². The van der Waals surface area contributed by atoms with E-state index in [1.165, 1.54) is 38.4 Å². The van der Waals surface area contributed by atoms with Gasteiger partial charge in [0.1, 0.15) is 18.2 Å². The van der Waals surface area contributed by atoms with Crippen molar-refractivity contribution in [3.05, 3.63) is 36.0 Å². The molecule has 0 aromatic carbocycles. The lowest BCUT2D eigenvalue weighted by Gasteiger charge is -2.20. The number of carbonyl (C=O) groups excluding carboxylic acids is 1. The van der Waals surface area contributed by atoms with Crippen LogP contribution in [0.25, 0.3) is 0 Å². The normalized spacial score (nSPS) is 30.4. The number of furan rings is 1. The quantitative estimate of drug-likeness (QED) is 0.846. The lowest BCUT2D eigenvalue weighted by atomic mass is 9.86. The molecule has 0 bridgehead atoms. The third-order valence-corrected chi connectivity index (χ3v) is 6.21. The highest BCUT2D eigenvalue weighted by molar-refractivity contribution is 5.91. The van der Waals surface area contributed by atoms with Crippen LogP contribution in [0, 0.1) is 5.92 Å². The second-order valence-corrected chi connectivity index (χ2v) is 8.12. The molecule has 2 aromatic rings. The Morgan fingerprint density at radius 3 is 2.86 bits per heavy atom. The fraction of sp³-hybridized carbons (Fsp3) is 0.650. The average molecular weight is 386 g/mol. The zero-order valence-electron chi connectivity index (χ0n) is 15.8. The summed E-state index contributed by atoms with van der Waals surface area (Å²) in [5.74, 6) is 0.777. The summed E-state index contributed by atoms with van der Waals surface area (Å²) in [5.41, 5.74) is 1.05. The molecule has 2 aliphatic heterocycles. The van der Waals surface area contributed by atoms with E-state index in [0.717, 1.165) is 18.0 Å². The van der Waals surface area contributed by atoms with Crippen molar-refractivity contribution < 1.29 is 18.7 Å². The molecule has 8 heteroatoms. The van der Waals surface area contributed by atoms with Crippen molar-refractivity contribution in [1.29, 1.82) is 0 Å². The van der Waals surface area contributed by atoms with Crippen LogP contribution in [-0.4, -0.2) is 52.4 Å². The Morgan fingerprint density at radius 1 is 1.18 bits per heavy atom. The van der Waals surface area contributed by atoms with Crippen molar-refractivity contribution in [2.45, 2.75) is 62.8 Å². The van der Waals surface area contributed by atoms with Crippen LogP contribution in [-0.2, 0) is 15.9 Å². The van der Waals surface area contributed by atoms with Crippen LogP contribution in [0.5, 0.6) is 0 Å². The van der Waals surface area contributed by atoms with Crippen LogP contribution in [0.15, 0.2) is 29.0 Å². The van der Waals surface area contributed by atoms with Gasteiger partial charge in [-0.15, -0.1) is 5.10 Å². The number of nitrogens with zero attached hydrogens (tertiary/aromatic N) is 3. The third-order valence-electron chi connectivity index (χ3n) is 6.21. The average Bonchev–Trinajstić information content (AvgIpc) is 3.49. The molecule has 150 valence electrons. The first-order valence-corrected chi connectivity index (χ1v) is 10.3. The van der Waals surface area contributed by atoms with E-state index in [0.29, 0.717) is 19.0 Å². The van der Waals surface area contributed by atoms with Gasteiger partial charge >= 0.3 is 0 Å². The predicted octanol–water partition coefficient (Wildman–Crippen LogP) is 2.13.